The minimum atomic E-state index is -0.744. The Balaban J connectivity index is 1.43. The number of halogens is 1. The van der Waals surface area contributed by atoms with E-state index in [2.05, 4.69) is 25.9 Å². The Morgan fingerprint density at radius 3 is 2.72 bits per heavy atom. The molecule has 1 saturated heterocycles. The zero-order chi connectivity index (χ0) is 28.1. The Morgan fingerprint density at radius 2 is 1.97 bits per heavy atom. The summed E-state index contributed by atoms with van der Waals surface area (Å²) >= 11 is 7.32. The number of carbonyl (C=O) groups is 4. The molecule has 0 aromatic carbocycles. The number of amides is 4. The van der Waals surface area contributed by atoms with Gasteiger partial charge in [-0.05, 0) is 37.8 Å². The first kappa shape index (κ1) is 28.5. The number of nitrogens with two attached hydrogens (primary N) is 1. The Morgan fingerprint density at radius 1 is 1.18 bits per heavy atom. The number of fused-ring (bicyclic) bond motifs is 1. The van der Waals surface area contributed by atoms with Crippen LogP contribution in [0, 0.1) is 0 Å². The van der Waals surface area contributed by atoms with E-state index in [1.165, 1.54) is 25.3 Å². The molecular weight excluding hydrogens is 544 g/mol. The number of thiazole rings is 1. The largest absolute Gasteiger partial charge is 0.357 e. The summed E-state index contributed by atoms with van der Waals surface area (Å²) in [5.41, 5.74) is 7.24. The maximum atomic E-state index is 13.4. The molecule has 1 fully saturated rings. The second kappa shape index (κ2) is 12.5. The number of likely N-dealkylation sites (tertiary alicyclic amines) is 1. The predicted molar refractivity (Wildman–Crippen MR) is 147 cm³/mol. The zero-order valence-electron chi connectivity index (χ0n) is 21.6. The Labute approximate surface area is 234 Å². The third-order valence-electron chi connectivity index (χ3n) is 6.43. The molecule has 39 heavy (non-hydrogen) atoms. The summed E-state index contributed by atoms with van der Waals surface area (Å²) in [6, 6.07) is 2.03. The Bertz CT molecular complexity index is 1380. The highest BCUT2D eigenvalue weighted by atomic mass is 35.5. The number of aromatic nitrogens is 3. The molecule has 5 N–H and O–H groups in total. The molecule has 4 rings (SSSR count). The topological polar surface area (TPSA) is 164 Å². The summed E-state index contributed by atoms with van der Waals surface area (Å²) in [5.74, 6) is -1.19. The van der Waals surface area contributed by atoms with Crippen LogP contribution in [0.1, 0.15) is 64.6 Å². The number of nitrogens with one attached hydrogen (secondary N) is 3. The summed E-state index contributed by atoms with van der Waals surface area (Å²) in [4.78, 5) is 60.3. The number of likely N-dealkylation sites (N-methyl/N-ethyl adjacent to an activating group) is 1. The minimum Gasteiger partial charge on any atom is -0.357 e. The molecule has 4 amide bonds. The zero-order valence-corrected chi connectivity index (χ0v) is 23.2. The molecule has 1 aliphatic rings. The maximum absolute atomic E-state index is 13.4. The van der Waals surface area contributed by atoms with Crippen molar-refractivity contribution in [3.05, 3.63) is 51.3 Å². The smallest absolute Gasteiger partial charge is 0.274 e. The van der Waals surface area contributed by atoms with Crippen LogP contribution < -0.4 is 21.7 Å². The van der Waals surface area contributed by atoms with E-state index in [0.29, 0.717) is 54.5 Å². The van der Waals surface area contributed by atoms with E-state index in [1.54, 1.807) is 39.2 Å². The first-order valence-corrected chi connectivity index (χ1v) is 13.8. The lowest BCUT2D eigenvalue weighted by Crippen LogP contribution is -2.45. The molecule has 0 unspecified atom stereocenters. The molecule has 14 heteroatoms. The van der Waals surface area contributed by atoms with Gasteiger partial charge >= 0.3 is 0 Å². The second-order valence-electron chi connectivity index (χ2n) is 9.40. The molecule has 12 nitrogen and oxygen atoms in total. The van der Waals surface area contributed by atoms with Crippen molar-refractivity contribution in [1.82, 2.24) is 35.2 Å². The lowest BCUT2D eigenvalue weighted by atomic mass is 10.1. The molecule has 0 radical (unpaired) electrons. The quantitative estimate of drug-likeness (QED) is 0.266. The van der Waals surface area contributed by atoms with Gasteiger partial charge in [0.15, 0.2) is 0 Å². The van der Waals surface area contributed by atoms with Gasteiger partial charge in [-0.3, -0.25) is 19.2 Å². The molecule has 4 heterocycles. The van der Waals surface area contributed by atoms with Gasteiger partial charge in [0.25, 0.3) is 11.8 Å². The summed E-state index contributed by atoms with van der Waals surface area (Å²) in [6.07, 6.45) is 5.51. The van der Waals surface area contributed by atoms with Crippen molar-refractivity contribution in [1.29, 1.82) is 0 Å². The van der Waals surface area contributed by atoms with Gasteiger partial charge in [-0.2, -0.15) is 0 Å². The van der Waals surface area contributed by atoms with Crippen LogP contribution in [-0.2, 0) is 9.59 Å². The van der Waals surface area contributed by atoms with Crippen LogP contribution in [0.25, 0.3) is 5.65 Å². The summed E-state index contributed by atoms with van der Waals surface area (Å²) in [5, 5.41) is 10.8. The molecule has 0 aliphatic carbocycles. The van der Waals surface area contributed by atoms with Gasteiger partial charge in [0.1, 0.15) is 28.1 Å². The standard InChI is InChI=1S/C25H31ClN8O4S/c1-14(35)29-8-4-3-5-17(22(36)28-2)31-23(37)19-13-39-24(32-19)20-9-16(27)11-34(20)25(38)18-12-33-10-15(26)6-7-21(33)30-18/h6-7,10,12-13,16-17,20H,3-5,8-9,11,27H2,1-2H3,(H,28,36)(H,29,35)(H,31,37)/t16-,17+,20+/m1/s1. The molecule has 0 spiro atoms. The van der Waals surface area contributed by atoms with Crippen molar-refractivity contribution in [3.8, 4) is 0 Å². The van der Waals surface area contributed by atoms with Gasteiger partial charge in [0, 0.05) is 50.9 Å². The second-order valence-corrected chi connectivity index (χ2v) is 10.7. The van der Waals surface area contributed by atoms with Gasteiger partial charge in [-0.1, -0.05) is 11.6 Å². The van der Waals surface area contributed by atoms with E-state index in [0.717, 1.165) is 0 Å². The first-order chi connectivity index (χ1) is 18.7. The van der Waals surface area contributed by atoms with Crippen molar-refractivity contribution in [3.63, 3.8) is 0 Å². The number of hydrogen-bond acceptors (Lipinski definition) is 8. The molecule has 0 bridgehead atoms. The van der Waals surface area contributed by atoms with Gasteiger partial charge in [0.05, 0.1) is 11.1 Å². The number of imidazole rings is 1. The van der Waals surface area contributed by atoms with Crippen LogP contribution >= 0.6 is 22.9 Å². The van der Waals surface area contributed by atoms with Crippen LogP contribution in [0.4, 0.5) is 0 Å². The molecule has 0 saturated carbocycles. The highest BCUT2D eigenvalue weighted by Gasteiger charge is 2.38. The van der Waals surface area contributed by atoms with E-state index in [9.17, 15) is 19.2 Å². The van der Waals surface area contributed by atoms with Gasteiger partial charge in [-0.25, -0.2) is 9.97 Å². The van der Waals surface area contributed by atoms with E-state index in [-0.39, 0.29) is 35.2 Å². The molecule has 208 valence electrons. The van der Waals surface area contributed by atoms with Gasteiger partial charge in [-0.15, -0.1) is 11.3 Å². The highest BCUT2D eigenvalue weighted by Crippen LogP contribution is 2.34. The SMILES string of the molecule is CNC(=O)[C@H](CCCCNC(C)=O)NC(=O)c1csc([C@@H]2C[C@@H](N)CN2C(=O)c2cn3cc(Cl)ccc3n2)n1. The average molecular weight is 575 g/mol. The monoisotopic (exact) mass is 574 g/mol. The Hall–Kier alpha value is -3.55. The van der Waals surface area contributed by atoms with Gasteiger partial charge < -0.3 is 31.0 Å². The summed E-state index contributed by atoms with van der Waals surface area (Å²) in [7, 11) is 1.51. The molecule has 3 aromatic rings. The number of nitrogens with zero attached hydrogens (tertiary/aromatic N) is 4. The minimum absolute atomic E-state index is 0.114. The number of carbonyl (C=O) groups excluding carboxylic acids is 4. The van der Waals surface area contributed by atoms with E-state index < -0.39 is 18.0 Å². The third-order valence-corrected chi connectivity index (χ3v) is 7.60. The number of rotatable bonds is 10. The fourth-order valence-corrected chi connectivity index (χ4v) is 5.59. The van der Waals surface area contributed by atoms with Crippen molar-refractivity contribution in [2.45, 2.75) is 50.7 Å². The average Bonchev–Trinajstić information content (AvgIpc) is 3.64. The molecule has 3 aromatic heterocycles. The van der Waals surface area contributed by atoms with E-state index in [1.807, 2.05) is 0 Å². The van der Waals surface area contributed by atoms with Crippen LogP contribution in [0.2, 0.25) is 5.02 Å². The predicted octanol–water partition coefficient (Wildman–Crippen LogP) is 1.51. The van der Waals surface area contributed by atoms with Gasteiger partial charge in [0.2, 0.25) is 11.8 Å². The number of pyridine rings is 1. The van der Waals surface area contributed by atoms with Crippen molar-refractivity contribution < 1.29 is 19.2 Å². The number of unbranched alkanes of at least 4 members (excludes halogenated alkanes) is 1. The lowest BCUT2D eigenvalue weighted by molar-refractivity contribution is -0.122. The summed E-state index contributed by atoms with van der Waals surface area (Å²) in [6.45, 7) is 2.27. The summed E-state index contributed by atoms with van der Waals surface area (Å²) < 4.78 is 1.69. The molecule has 1 aliphatic heterocycles. The normalized spacial score (nSPS) is 17.7. The lowest BCUT2D eigenvalue weighted by Gasteiger charge is -2.22. The molecule has 3 atom stereocenters. The van der Waals surface area contributed by atoms with Crippen LogP contribution in [-0.4, -0.2) is 75.1 Å². The van der Waals surface area contributed by atoms with E-state index in [4.69, 9.17) is 17.3 Å². The third kappa shape index (κ3) is 6.91. The maximum Gasteiger partial charge on any atom is 0.274 e. The highest BCUT2D eigenvalue weighted by molar-refractivity contribution is 7.09. The van der Waals surface area contributed by atoms with Crippen molar-refractivity contribution in [2.75, 3.05) is 20.1 Å². The first-order valence-electron chi connectivity index (χ1n) is 12.6. The fraction of sp³-hybridized carbons (Fsp3) is 0.440. The van der Waals surface area contributed by atoms with Crippen molar-refractivity contribution >= 4 is 52.2 Å². The van der Waals surface area contributed by atoms with Crippen LogP contribution in [0.3, 0.4) is 0 Å². The Kier molecular flexibility index (Phi) is 9.15. The van der Waals surface area contributed by atoms with Crippen LogP contribution in [0.5, 0.6) is 0 Å². The van der Waals surface area contributed by atoms with E-state index >= 15 is 0 Å². The number of hydrogen-bond donors (Lipinski definition) is 4. The fourth-order valence-electron chi connectivity index (χ4n) is 4.50. The molecular formula is C25H31ClN8O4S. The van der Waals surface area contributed by atoms with Crippen molar-refractivity contribution in [2.24, 2.45) is 5.73 Å². The van der Waals surface area contributed by atoms with Crippen LogP contribution in [0.15, 0.2) is 29.9 Å².